The fourth-order valence-electron chi connectivity index (χ4n) is 1.27. The summed E-state index contributed by atoms with van der Waals surface area (Å²) in [6.45, 7) is 2.21. The number of carbonyl (C=O) groups is 1. The van der Waals surface area contributed by atoms with Crippen molar-refractivity contribution in [2.45, 2.75) is 13.5 Å². The smallest absolute Gasteiger partial charge is 0.251 e. The molecule has 17 heavy (non-hydrogen) atoms. The summed E-state index contributed by atoms with van der Waals surface area (Å²) in [6, 6.07) is 5.43. The van der Waals surface area contributed by atoms with Gasteiger partial charge in [-0.3, -0.25) is 4.79 Å². The molecule has 2 rings (SSSR count). The summed E-state index contributed by atoms with van der Waals surface area (Å²) >= 11 is 3.38. The predicted octanol–water partition coefficient (Wildman–Crippen LogP) is 2.07. The van der Waals surface area contributed by atoms with Gasteiger partial charge in [0, 0.05) is 10.0 Å². The van der Waals surface area contributed by atoms with Crippen molar-refractivity contribution in [1.82, 2.24) is 15.5 Å². The zero-order valence-corrected chi connectivity index (χ0v) is 10.7. The highest BCUT2D eigenvalue weighted by Crippen LogP contribution is 2.17. The van der Waals surface area contributed by atoms with E-state index in [0.717, 1.165) is 10.0 Å². The van der Waals surface area contributed by atoms with Gasteiger partial charge in [-0.05, 0) is 24.6 Å². The molecule has 0 unspecified atom stereocenters. The number of hydrogen-bond donors (Lipinski definition) is 1. The third kappa shape index (κ3) is 2.91. The van der Waals surface area contributed by atoms with Crippen molar-refractivity contribution < 1.29 is 9.32 Å². The van der Waals surface area contributed by atoms with Gasteiger partial charge in [-0.1, -0.05) is 27.2 Å². The fourth-order valence-corrected chi connectivity index (χ4v) is 1.64. The SMILES string of the molecule is Cc1ccc(C(=O)NCc2ncon2)cc1Br. The van der Waals surface area contributed by atoms with E-state index in [-0.39, 0.29) is 12.5 Å². The molecule has 0 aliphatic carbocycles. The highest BCUT2D eigenvalue weighted by atomic mass is 79.9. The van der Waals surface area contributed by atoms with Crippen molar-refractivity contribution >= 4 is 21.8 Å². The Morgan fingerprint density at radius 3 is 3.00 bits per heavy atom. The summed E-state index contributed by atoms with van der Waals surface area (Å²) in [5, 5.41) is 6.31. The van der Waals surface area contributed by atoms with Crippen LogP contribution in [0, 0.1) is 6.92 Å². The Kier molecular flexibility index (Phi) is 3.53. The number of carbonyl (C=O) groups excluding carboxylic acids is 1. The van der Waals surface area contributed by atoms with Crippen LogP contribution in [0.4, 0.5) is 0 Å². The molecule has 0 radical (unpaired) electrons. The molecule has 5 nitrogen and oxygen atoms in total. The van der Waals surface area contributed by atoms with Gasteiger partial charge in [0.25, 0.3) is 5.91 Å². The first kappa shape index (κ1) is 11.8. The summed E-state index contributed by atoms with van der Waals surface area (Å²) in [5.41, 5.74) is 1.67. The van der Waals surface area contributed by atoms with Gasteiger partial charge in [-0.25, -0.2) is 0 Å². The highest BCUT2D eigenvalue weighted by molar-refractivity contribution is 9.10. The van der Waals surface area contributed by atoms with Gasteiger partial charge < -0.3 is 9.84 Å². The molecule has 0 bridgehead atoms. The fraction of sp³-hybridized carbons (Fsp3) is 0.182. The number of rotatable bonds is 3. The van der Waals surface area contributed by atoms with E-state index in [1.807, 2.05) is 13.0 Å². The monoisotopic (exact) mass is 295 g/mol. The number of aryl methyl sites for hydroxylation is 1. The van der Waals surface area contributed by atoms with Crippen molar-refractivity contribution in [2.24, 2.45) is 0 Å². The van der Waals surface area contributed by atoms with Crippen LogP contribution < -0.4 is 5.32 Å². The second kappa shape index (κ2) is 5.09. The maximum atomic E-state index is 11.8. The summed E-state index contributed by atoms with van der Waals surface area (Å²) in [5.74, 6) is 0.278. The molecule has 1 aromatic heterocycles. The Bertz CT molecular complexity index is 526. The van der Waals surface area contributed by atoms with Crippen LogP contribution in [0.1, 0.15) is 21.7 Å². The van der Waals surface area contributed by atoms with Gasteiger partial charge in [0.2, 0.25) is 6.39 Å². The quantitative estimate of drug-likeness (QED) is 0.941. The first-order valence-electron chi connectivity index (χ1n) is 4.96. The van der Waals surface area contributed by atoms with Crippen LogP contribution in [0.25, 0.3) is 0 Å². The molecular weight excluding hydrogens is 286 g/mol. The van der Waals surface area contributed by atoms with E-state index in [9.17, 15) is 4.79 Å². The number of hydrogen-bond acceptors (Lipinski definition) is 4. The van der Waals surface area contributed by atoms with Crippen LogP contribution in [0.3, 0.4) is 0 Å². The zero-order chi connectivity index (χ0) is 12.3. The molecule has 6 heteroatoms. The lowest BCUT2D eigenvalue weighted by Gasteiger charge is -2.04. The number of nitrogens with one attached hydrogen (secondary N) is 1. The van der Waals surface area contributed by atoms with Gasteiger partial charge >= 0.3 is 0 Å². The Labute approximate surface area is 106 Å². The minimum atomic E-state index is -0.171. The zero-order valence-electron chi connectivity index (χ0n) is 9.11. The molecule has 0 aliphatic heterocycles. The van der Waals surface area contributed by atoms with Gasteiger partial charge in [-0.15, -0.1) is 0 Å². The number of amides is 1. The minimum Gasteiger partial charge on any atom is -0.345 e. The Morgan fingerprint density at radius 1 is 1.53 bits per heavy atom. The summed E-state index contributed by atoms with van der Waals surface area (Å²) in [7, 11) is 0. The second-order valence-corrected chi connectivity index (χ2v) is 4.35. The van der Waals surface area contributed by atoms with Crippen molar-refractivity contribution in [3.63, 3.8) is 0 Å². The van der Waals surface area contributed by atoms with E-state index >= 15 is 0 Å². The van der Waals surface area contributed by atoms with Crippen molar-refractivity contribution in [2.75, 3.05) is 0 Å². The summed E-state index contributed by atoms with van der Waals surface area (Å²) in [6.07, 6.45) is 1.23. The molecule has 1 N–H and O–H groups in total. The molecule has 88 valence electrons. The molecule has 0 atom stereocenters. The predicted molar refractivity (Wildman–Crippen MR) is 64.3 cm³/mol. The summed E-state index contributed by atoms with van der Waals surface area (Å²) < 4.78 is 5.47. The molecule has 1 amide bonds. The van der Waals surface area contributed by atoms with E-state index in [0.29, 0.717) is 11.4 Å². The maximum absolute atomic E-state index is 11.8. The minimum absolute atomic E-state index is 0.171. The Balaban J connectivity index is 2.02. The molecule has 0 fully saturated rings. The average molecular weight is 296 g/mol. The van der Waals surface area contributed by atoms with Gasteiger partial charge in [0.1, 0.15) is 0 Å². The van der Waals surface area contributed by atoms with E-state index in [4.69, 9.17) is 0 Å². The first-order valence-corrected chi connectivity index (χ1v) is 5.75. The topological polar surface area (TPSA) is 68.0 Å². The van der Waals surface area contributed by atoms with Crippen molar-refractivity contribution in [3.8, 4) is 0 Å². The van der Waals surface area contributed by atoms with Crippen LogP contribution in [-0.4, -0.2) is 16.0 Å². The van der Waals surface area contributed by atoms with Crippen molar-refractivity contribution in [3.05, 3.63) is 46.0 Å². The number of benzene rings is 1. The Hall–Kier alpha value is -1.69. The third-order valence-corrected chi connectivity index (χ3v) is 3.10. The lowest BCUT2D eigenvalue weighted by molar-refractivity contribution is 0.0949. The van der Waals surface area contributed by atoms with E-state index in [1.54, 1.807) is 12.1 Å². The first-order chi connectivity index (χ1) is 8.16. The molecule has 1 aromatic carbocycles. The third-order valence-electron chi connectivity index (χ3n) is 2.25. The maximum Gasteiger partial charge on any atom is 0.251 e. The average Bonchev–Trinajstić information content (AvgIpc) is 2.82. The van der Waals surface area contributed by atoms with Crippen LogP contribution in [-0.2, 0) is 6.54 Å². The number of nitrogens with zero attached hydrogens (tertiary/aromatic N) is 2. The van der Waals surface area contributed by atoms with E-state index < -0.39 is 0 Å². The Morgan fingerprint density at radius 2 is 2.35 bits per heavy atom. The van der Waals surface area contributed by atoms with Gasteiger partial charge in [0.15, 0.2) is 5.82 Å². The molecule has 0 spiro atoms. The molecule has 1 heterocycles. The van der Waals surface area contributed by atoms with Crippen LogP contribution in [0.5, 0.6) is 0 Å². The molecule has 2 aromatic rings. The number of halogens is 1. The normalized spacial score (nSPS) is 10.2. The highest BCUT2D eigenvalue weighted by Gasteiger charge is 2.08. The van der Waals surface area contributed by atoms with Gasteiger partial charge in [-0.2, -0.15) is 4.98 Å². The van der Waals surface area contributed by atoms with Crippen molar-refractivity contribution in [1.29, 1.82) is 0 Å². The number of aromatic nitrogens is 2. The lowest BCUT2D eigenvalue weighted by Crippen LogP contribution is -2.23. The summed E-state index contributed by atoms with van der Waals surface area (Å²) in [4.78, 5) is 15.6. The molecule has 0 aliphatic rings. The molecular formula is C11H10BrN3O2. The lowest BCUT2D eigenvalue weighted by atomic mass is 10.1. The standard InChI is InChI=1S/C11H10BrN3O2/c1-7-2-3-8(4-9(7)12)11(16)13-5-10-14-6-17-15-10/h2-4,6H,5H2,1H3,(H,13,16). The van der Waals surface area contributed by atoms with E-state index in [2.05, 4.69) is 35.9 Å². The van der Waals surface area contributed by atoms with Crippen LogP contribution in [0.15, 0.2) is 33.6 Å². The second-order valence-electron chi connectivity index (χ2n) is 3.49. The van der Waals surface area contributed by atoms with Crippen LogP contribution in [0.2, 0.25) is 0 Å². The largest absolute Gasteiger partial charge is 0.345 e. The molecule has 0 saturated carbocycles. The molecule has 0 saturated heterocycles. The van der Waals surface area contributed by atoms with E-state index in [1.165, 1.54) is 6.39 Å². The van der Waals surface area contributed by atoms with Crippen LogP contribution >= 0.6 is 15.9 Å². The van der Waals surface area contributed by atoms with Gasteiger partial charge in [0.05, 0.1) is 6.54 Å².